The molecule has 1 aliphatic heterocycles. The van der Waals surface area contributed by atoms with Crippen LogP contribution in [-0.4, -0.2) is 32.1 Å². The third kappa shape index (κ3) is 2.18. The number of hydrogen-bond donors (Lipinski definition) is 1. The van der Waals surface area contributed by atoms with E-state index in [1.54, 1.807) is 6.07 Å². The molecular weight excluding hydrogens is 240 g/mol. The number of aryl methyl sites for hydroxylation is 1. The lowest BCUT2D eigenvalue weighted by molar-refractivity contribution is 0.0795. The van der Waals surface area contributed by atoms with Gasteiger partial charge in [-0.1, -0.05) is 0 Å². The van der Waals surface area contributed by atoms with Crippen molar-refractivity contribution < 1.29 is 13.2 Å². The van der Waals surface area contributed by atoms with E-state index >= 15 is 0 Å². The second-order valence-electron chi connectivity index (χ2n) is 4.16. The molecule has 2 rings (SSSR count). The molecule has 0 bridgehead atoms. The van der Waals surface area contributed by atoms with Crippen molar-refractivity contribution in [2.45, 2.75) is 17.7 Å². The maximum absolute atomic E-state index is 11.8. The van der Waals surface area contributed by atoms with Crippen molar-refractivity contribution in [3.05, 3.63) is 29.3 Å². The predicted octanol–water partition coefficient (Wildman–Crippen LogP) is 0.352. The van der Waals surface area contributed by atoms with Gasteiger partial charge in [0, 0.05) is 12.6 Å². The summed E-state index contributed by atoms with van der Waals surface area (Å²) in [4.78, 5) is 12.0. The molecule has 0 spiro atoms. The molecule has 0 fully saturated rings. The van der Waals surface area contributed by atoms with Gasteiger partial charge in [0.1, 0.15) is 0 Å². The van der Waals surface area contributed by atoms with Crippen molar-refractivity contribution in [3.63, 3.8) is 0 Å². The van der Waals surface area contributed by atoms with E-state index < -0.39 is 9.84 Å². The average molecular weight is 254 g/mol. The predicted molar refractivity (Wildman–Crippen MR) is 63.1 cm³/mol. The smallest absolute Gasteiger partial charge is 0.267 e. The first kappa shape index (κ1) is 12.1. The van der Waals surface area contributed by atoms with E-state index in [-0.39, 0.29) is 11.7 Å². The number of amides is 1. The molecule has 1 aliphatic rings. The van der Waals surface area contributed by atoms with E-state index in [2.05, 4.69) is 0 Å². The van der Waals surface area contributed by atoms with Crippen molar-refractivity contribution in [3.8, 4) is 0 Å². The summed E-state index contributed by atoms with van der Waals surface area (Å²) in [6, 6.07) is 4.63. The molecule has 1 heterocycles. The van der Waals surface area contributed by atoms with Gasteiger partial charge in [0.2, 0.25) is 0 Å². The monoisotopic (exact) mass is 254 g/mol. The highest BCUT2D eigenvalue weighted by atomic mass is 32.2. The highest BCUT2D eigenvalue weighted by molar-refractivity contribution is 7.91. The Bertz CT molecular complexity index is 564. The Labute approximate surface area is 100 Å². The first-order valence-corrected chi connectivity index (χ1v) is 6.95. The molecule has 1 aromatic rings. The molecular formula is C11H14N2O3S. The summed E-state index contributed by atoms with van der Waals surface area (Å²) < 4.78 is 23.5. The number of fused-ring (bicyclic) bond motifs is 1. The summed E-state index contributed by atoms with van der Waals surface area (Å²) in [5, 5.41) is 0.985. The zero-order chi connectivity index (χ0) is 12.6. The zero-order valence-corrected chi connectivity index (χ0v) is 10.3. The number of benzene rings is 1. The van der Waals surface area contributed by atoms with E-state index in [9.17, 15) is 13.2 Å². The number of carbonyl (C=O) groups is 1. The van der Waals surface area contributed by atoms with Crippen molar-refractivity contribution >= 4 is 15.7 Å². The van der Waals surface area contributed by atoms with Crippen molar-refractivity contribution in [1.29, 1.82) is 0 Å². The molecule has 1 amide bonds. The van der Waals surface area contributed by atoms with E-state index in [0.29, 0.717) is 28.9 Å². The van der Waals surface area contributed by atoms with Crippen molar-refractivity contribution in [2.24, 2.45) is 5.84 Å². The van der Waals surface area contributed by atoms with Crippen LogP contribution in [0.1, 0.15) is 22.3 Å². The molecule has 0 aromatic heterocycles. The summed E-state index contributed by atoms with van der Waals surface area (Å²) in [5.41, 5.74) is 1.13. The van der Waals surface area contributed by atoms with Crippen LogP contribution in [0.15, 0.2) is 23.1 Å². The molecule has 0 unspecified atom stereocenters. The maximum Gasteiger partial charge on any atom is 0.267 e. The summed E-state index contributed by atoms with van der Waals surface area (Å²) in [6.07, 6.45) is 1.29. The number of carbonyl (C=O) groups excluding carboxylic acids is 1. The lowest BCUT2D eigenvalue weighted by atomic mass is 10.1. The van der Waals surface area contributed by atoms with Gasteiger partial charge in [-0.05, 0) is 36.6 Å². The highest BCUT2D eigenvalue weighted by Gasteiger charge is 2.24. The van der Waals surface area contributed by atoms with Crippen LogP contribution in [0.3, 0.4) is 0 Å². The average Bonchev–Trinajstić information content (AvgIpc) is 2.27. The highest BCUT2D eigenvalue weighted by Crippen LogP contribution is 2.26. The van der Waals surface area contributed by atoms with Crippen LogP contribution in [0, 0.1) is 0 Å². The molecule has 5 nitrogen and oxygen atoms in total. The number of sulfone groups is 1. The standard InChI is InChI=1S/C11H14N2O3S/c1-13(12)11(14)9-4-5-10-8(7-9)3-2-6-17(10,15)16/h4-5,7H,2-3,6,12H2,1H3. The minimum atomic E-state index is -3.16. The molecule has 6 heteroatoms. The van der Waals surface area contributed by atoms with Crippen molar-refractivity contribution in [2.75, 3.05) is 12.8 Å². The molecule has 2 N–H and O–H groups in total. The lowest BCUT2D eigenvalue weighted by Crippen LogP contribution is -2.33. The second-order valence-corrected chi connectivity index (χ2v) is 6.24. The van der Waals surface area contributed by atoms with E-state index in [1.807, 2.05) is 0 Å². The summed E-state index contributed by atoms with van der Waals surface area (Å²) in [6.45, 7) is 0. The Kier molecular flexibility index (Phi) is 2.92. The van der Waals surface area contributed by atoms with Gasteiger partial charge in [-0.2, -0.15) is 0 Å². The van der Waals surface area contributed by atoms with E-state index in [1.165, 1.54) is 19.2 Å². The first-order chi connectivity index (χ1) is 7.92. The fourth-order valence-corrected chi connectivity index (χ4v) is 3.56. The summed E-state index contributed by atoms with van der Waals surface area (Å²) >= 11 is 0. The Morgan fingerprint density at radius 2 is 2.12 bits per heavy atom. The maximum atomic E-state index is 11.8. The van der Waals surface area contributed by atoms with Crippen LogP contribution in [0.25, 0.3) is 0 Å². The van der Waals surface area contributed by atoms with Gasteiger partial charge in [0.05, 0.1) is 10.6 Å². The second kappa shape index (κ2) is 4.12. The minimum absolute atomic E-state index is 0.185. The van der Waals surface area contributed by atoms with Crippen molar-refractivity contribution in [1.82, 2.24) is 5.01 Å². The molecule has 17 heavy (non-hydrogen) atoms. The van der Waals surface area contributed by atoms with Gasteiger partial charge < -0.3 is 0 Å². The van der Waals surface area contributed by atoms with Crippen LogP contribution in [0.4, 0.5) is 0 Å². The molecule has 0 saturated heterocycles. The molecule has 92 valence electrons. The third-order valence-electron chi connectivity index (χ3n) is 2.82. The number of hydrogen-bond acceptors (Lipinski definition) is 4. The Balaban J connectivity index is 2.49. The van der Waals surface area contributed by atoms with Gasteiger partial charge in [-0.3, -0.25) is 9.80 Å². The van der Waals surface area contributed by atoms with Gasteiger partial charge in [0.15, 0.2) is 9.84 Å². The fourth-order valence-electron chi connectivity index (χ4n) is 1.98. The number of nitrogens with two attached hydrogens (primary N) is 1. The van der Waals surface area contributed by atoms with Crippen LogP contribution in [0.2, 0.25) is 0 Å². The first-order valence-electron chi connectivity index (χ1n) is 5.30. The number of hydrazine groups is 1. The molecule has 0 radical (unpaired) electrons. The SMILES string of the molecule is CN(N)C(=O)c1ccc2c(c1)CCCS2(=O)=O. The number of nitrogens with zero attached hydrogens (tertiary/aromatic N) is 1. The summed E-state index contributed by atoms with van der Waals surface area (Å²) in [5.74, 6) is 5.22. The minimum Gasteiger partial charge on any atom is -0.280 e. The van der Waals surface area contributed by atoms with Gasteiger partial charge >= 0.3 is 0 Å². The van der Waals surface area contributed by atoms with E-state index in [4.69, 9.17) is 5.84 Å². The van der Waals surface area contributed by atoms with Gasteiger partial charge in [-0.15, -0.1) is 0 Å². The fraction of sp³-hybridized carbons (Fsp3) is 0.364. The summed E-state index contributed by atoms with van der Waals surface area (Å²) in [7, 11) is -1.70. The molecule has 0 aliphatic carbocycles. The Morgan fingerprint density at radius 1 is 1.41 bits per heavy atom. The quantitative estimate of drug-likeness (QED) is 0.445. The Hall–Kier alpha value is -1.40. The topological polar surface area (TPSA) is 80.5 Å². The zero-order valence-electron chi connectivity index (χ0n) is 9.51. The van der Waals surface area contributed by atoms with Crippen LogP contribution in [0.5, 0.6) is 0 Å². The van der Waals surface area contributed by atoms with Gasteiger partial charge in [0.25, 0.3) is 5.91 Å². The number of rotatable bonds is 1. The Morgan fingerprint density at radius 3 is 2.76 bits per heavy atom. The molecule has 1 aromatic carbocycles. The molecule has 0 atom stereocenters. The van der Waals surface area contributed by atoms with Gasteiger partial charge in [-0.25, -0.2) is 14.3 Å². The van der Waals surface area contributed by atoms with Crippen LogP contribution in [-0.2, 0) is 16.3 Å². The lowest BCUT2D eigenvalue weighted by Gasteiger charge is -2.17. The van der Waals surface area contributed by atoms with Crippen LogP contribution >= 0.6 is 0 Å². The van der Waals surface area contributed by atoms with Crippen LogP contribution < -0.4 is 5.84 Å². The third-order valence-corrected chi connectivity index (χ3v) is 4.72. The van der Waals surface area contributed by atoms with E-state index in [0.717, 1.165) is 5.01 Å². The molecule has 0 saturated carbocycles. The largest absolute Gasteiger partial charge is 0.280 e. The normalized spacial score (nSPS) is 17.3.